The van der Waals surface area contributed by atoms with Gasteiger partial charge in [0, 0.05) is 5.38 Å². The third-order valence-electron chi connectivity index (χ3n) is 2.76. The summed E-state index contributed by atoms with van der Waals surface area (Å²) >= 11 is 7.66. The van der Waals surface area contributed by atoms with Crippen LogP contribution in [0.1, 0.15) is 10.5 Å². The van der Waals surface area contributed by atoms with Crippen LogP contribution >= 0.6 is 22.9 Å². The largest absolute Gasteiger partial charge is 0.464 e. The van der Waals surface area contributed by atoms with Crippen molar-refractivity contribution in [1.82, 2.24) is 9.38 Å². The van der Waals surface area contributed by atoms with E-state index in [0.717, 1.165) is 11.3 Å². The topological polar surface area (TPSA) is 43.6 Å². The summed E-state index contributed by atoms with van der Waals surface area (Å²) in [5.74, 6) is -0.528. The van der Waals surface area contributed by atoms with E-state index in [2.05, 4.69) is 9.72 Å². The van der Waals surface area contributed by atoms with Crippen molar-refractivity contribution in [3.05, 3.63) is 46.6 Å². The standard InChI is InChI=1S/C13H9ClN2O2S/c1-18-12(17)10-11(14)16-9(7-19-13(16)15-10)8-5-3-2-4-6-8/h2-7H,1H3. The number of nitrogens with zero attached hydrogens (tertiary/aromatic N) is 2. The van der Waals surface area contributed by atoms with E-state index in [1.54, 1.807) is 4.40 Å². The van der Waals surface area contributed by atoms with Gasteiger partial charge in [-0.25, -0.2) is 9.78 Å². The quantitative estimate of drug-likeness (QED) is 0.679. The number of fused-ring (bicyclic) bond motifs is 1. The molecule has 0 fully saturated rings. The number of methoxy groups -OCH3 is 1. The van der Waals surface area contributed by atoms with Crippen LogP contribution in [0.4, 0.5) is 0 Å². The van der Waals surface area contributed by atoms with E-state index in [4.69, 9.17) is 11.6 Å². The number of aromatic nitrogens is 2. The molecule has 0 atom stereocenters. The highest BCUT2D eigenvalue weighted by molar-refractivity contribution is 7.15. The SMILES string of the molecule is COC(=O)c1nc2scc(-c3ccccc3)n2c1Cl. The molecular formula is C13H9ClN2O2S. The minimum Gasteiger partial charge on any atom is -0.464 e. The Morgan fingerprint density at radius 1 is 1.37 bits per heavy atom. The summed E-state index contributed by atoms with van der Waals surface area (Å²) in [4.78, 5) is 16.4. The molecule has 0 bridgehead atoms. The van der Waals surface area contributed by atoms with Crippen molar-refractivity contribution < 1.29 is 9.53 Å². The van der Waals surface area contributed by atoms with E-state index in [1.165, 1.54) is 18.4 Å². The highest BCUT2D eigenvalue weighted by atomic mass is 35.5. The molecule has 0 unspecified atom stereocenters. The lowest BCUT2D eigenvalue weighted by atomic mass is 10.2. The molecule has 0 aliphatic rings. The van der Waals surface area contributed by atoms with Gasteiger partial charge in [0.1, 0.15) is 5.15 Å². The fourth-order valence-electron chi connectivity index (χ4n) is 1.86. The van der Waals surface area contributed by atoms with Crippen molar-refractivity contribution in [3.63, 3.8) is 0 Å². The Kier molecular flexibility index (Phi) is 3.00. The van der Waals surface area contributed by atoms with Crippen LogP contribution in [0.2, 0.25) is 5.15 Å². The predicted octanol–water partition coefficient (Wildman–Crippen LogP) is 3.50. The molecule has 2 heterocycles. The van der Waals surface area contributed by atoms with Crippen LogP contribution in [0, 0.1) is 0 Å². The zero-order valence-electron chi connectivity index (χ0n) is 9.96. The van der Waals surface area contributed by atoms with Gasteiger partial charge < -0.3 is 4.74 Å². The second-order valence-electron chi connectivity index (χ2n) is 3.85. The Balaban J connectivity index is 2.23. The monoisotopic (exact) mass is 292 g/mol. The Morgan fingerprint density at radius 3 is 2.79 bits per heavy atom. The number of imidazole rings is 1. The molecule has 0 radical (unpaired) electrons. The van der Waals surface area contributed by atoms with Gasteiger partial charge >= 0.3 is 5.97 Å². The maximum atomic E-state index is 11.6. The van der Waals surface area contributed by atoms with E-state index in [0.29, 0.717) is 4.96 Å². The number of hydrogen-bond acceptors (Lipinski definition) is 4. The van der Waals surface area contributed by atoms with Crippen LogP contribution in [-0.4, -0.2) is 22.5 Å². The summed E-state index contributed by atoms with van der Waals surface area (Å²) < 4.78 is 6.42. The number of carbonyl (C=O) groups is 1. The Bertz CT molecular complexity index is 749. The molecule has 0 spiro atoms. The third-order valence-corrected chi connectivity index (χ3v) is 3.93. The molecule has 0 saturated heterocycles. The van der Waals surface area contributed by atoms with Gasteiger partial charge in [-0.1, -0.05) is 41.9 Å². The van der Waals surface area contributed by atoms with Gasteiger partial charge in [0.25, 0.3) is 0 Å². The maximum absolute atomic E-state index is 11.6. The number of thiazole rings is 1. The molecule has 2 aromatic heterocycles. The molecular weight excluding hydrogens is 284 g/mol. The fraction of sp³-hybridized carbons (Fsp3) is 0.0769. The number of carbonyl (C=O) groups excluding carboxylic acids is 1. The summed E-state index contributed by atoms with van der Waals surface area (Å²) in [6.07, 6.45) is 0. The van der Waals surface area contributed by atoms with Crippen LogP contribution in [0.25, 0.3) is 16.2 Å². The molecule has 1 aromatic carbocycles. The van der Waals surface area contributed by atoms with Crippen molar-refractivity contribution in [3.8, 4) is 11.3 Å². The zero-order valence-corrected chi connectivity index (χ0v) is 11.5. The van der Waals surface area contributed by atoms with Crippen LogP contribution in [0.3, 0.4) is 0 Å². The molecule has 96 valence electrons. The van der Waals surface area contributed by atoms with Crippen molar-refractivity contribution in [2.75, 3.05) is 7.11 Å². The van der Waals surface area contributed by atoms with Gasteiger partial charge in [0.2, 0.25) is 0 Å². The maximum Gasteiger partial charge on any atom is 0.359 e. The average Bonchev–Trinajstić information content (AvgIpc) is 3.00. The molecule has 0 amide bonds. The van der Waals surface area contributed by atoms with E-state index < -0.39 is 5.97 Å². The Hall–Kier alpha value is -1.85. The van der Waals surface area contributed by atoms with Gasteiger partial charge in [-0.05, 0) is 5.56 Å². The molecule has 0 aliphatic heterocycles. The number of esters is 1. The van der Waals surface area contributed by atoms with E-state index in [1.807, 2.05) is 35.7 Å². The van der Waals surface area contributed by atoms with Crippen LogP contribution in [0.5, 0.6) is 0 Å². The van der Waals surface area contributed by atoms with Gasteiger partial charge in [-0.3, -0.25) is 4.40 Å². The minimum atomic E-state index is -0.528. The lowest BCUT2D eigenvalue weighted by Gasteiger charge is -2.00. The lowest BCUT2D eigenvalue weighted by molar-refractivity contribution is 0.0595. The molecule has 3 aromatic rings. The predicted molar refractivity (Wildman–Crippen MR) is 74.9 cm³/mol. The second kappa shape index (κ2) is 4.68. The minimum absolute atomic E-state index is 0.146. The van der Waals surface area contributed by atoms with E-state index in [9.17, 15) is 4.79 Å². The zero-order chi connectivity index (χ0) is 13.4. The second-order valence-corrected chi connectivity index (χ2v) is 5.04. The summed E-state index contributed by atoms with van der Waals surface area (Å²) in [5, 5.41) is 2.24. The smallest absolute Gasteiger partial charge is 0.359 e. The number of rotatable bonds is 2. The number of halogens is 1. The first-order valence-electron chi connectivity index (χ1n) is 5.51. The Morgan fingerprint density at radius 2 is 2.11 bits per heavy atom. The Labute approximate surface area is 118 Å². The first-order chi connectivity index (χ1) is 9.22. The fourth-order valence-corrected chi connectivity index (χ4v) is 3.10. The summed E-state index contributed by atoms with van der Waals surface area (Å²) in [6, 6.07) is 9.81. The van der Waals surface area contributed by atoms with Crippen molar-refractivity contribution in [1.29, 1.82) is 0 Å². The third kappa shape index (κ3) is 1.91. The van der Waals surface area contributed by atoms with E-state index >= 15 is 0 Å². The molecule has 3 rings (SSSR count). The van der Waals surface area contributed by atoms with Gasteiger partial charge in [0.05, 0.1) is 12.8 Å². The first kappa shape index (κ1) is 12.2. The normalized spacial score (nSPS) is 10.8. The molecule has 0 N–H and O–H groups in total. The van der Waals surface area contributed by atoms with Crippen LogP contribution < -0.4 is 0 Å². The van der Waals surface area contributed by atoms with Crippen molar-refractivity contribution in [2.45, 2.75) is 0 Å². The van der Waals surface area contributed by atoms with Crippen molar-refractivity contribution in [2.24, 2.45) is 0 Å². The first-order valence-corrected chi connectivity index (χ1v) is 6.77. The number of hydrogen-bond donors (Lipinski definition) is 0. The highest BCUT2D eigenvalue weighted by Crippen LogP contribution is 2.31. The summed E-state index contributed by atoms with van der Waals surface area (Å²) in [7, 11) is 1.31. The molecule has 4 nitrogen and oxygen atoms in total. The van der Waals surface area contributed by atoms with E-state index in [-0.39, 0.29) is 10.8 Å². The summed E-state index contributed by atoms with van der Waals surface area (Å²) in [6.45, 7) is 0. The lowest BCUT2D eigenvalue weighted by Crippen LogP contribution is -2.02. The number of ether oxygens (including phenoxy) is 1. The average molecular weight is 293 g/mol. The van der Waals surface area contributed by atoms with Gasteiger partial charge in [-0.15, -0.1) is 11.3 Å². The summed E-state index contributed by atoms with van der Waals surface area (Å²) in [5.41, 5.74) is 2.07. The molecule has 6 heteroatoms. The molecule has 0 aliphatic carbocycles. The molecule has 0 saturated carbocycles. The molecule has 19 heavy (non-hydrogen) atoms. The van der Waals surface area contributed by atoms with Crippen LogP contribution in [0.15, 0.2) is 35.7 Å². The van der Waals surface area contributed by atoms with Crippen LogP contribution in [-0.2, 0) is 4.74 Å². The van der Waals surface area contributed by atoms with Crippen molar-refractivity contribution >= 4 is 33.9 Å². The van der Waals surface area contributed by atoms with Gasteiger partial charge in [-0.2, -0.15) is 0 Å². The number of benzene rings is 1. The highest BCUT2D eigenvalue weighted by Gasteiger charge is 2.21. The van der Waals surface area contributed by atoms with Gasteiger partial charge in [0.15, 0.2) is 10.7 Å².